The van der Waals surface area contributed by atoms with E-state index in [0.29, 0.717) is 0 Å². The van der Waals surface area contributed by atoms with Crippen LogP contribution in [0.25, 0.3) is 22.4 Å². The topological polar surface area (TPSA) is 64.3 Å². The smallest absolute Gasteiger partial charge is 0.226 e. The van der Waals surface area contributed by atoms with Crippen molar-refractivity contribution in [2.75, 3.05) is 18.0 Å². The van der Waals surface area contributed by atoms with Gasteiger partial charge < -0.3 is 14.1 Å². The minimum atomic E-state index is 0. The summed E-state index contributed by atoms with van der Waals surface area (Å²) in [6.07, 6.45) is 5.73. The lowest BCUT2D eigenvalue weighted by atomic mass is 10.0. The summed E-state index contributed by atoms with van der Waals surface area (Å²) in [6.45, 7) is 9.66. The Morgan fingerprint density at radius 3 is 2.43 bits per heavy atom. The normalized spacial score (nSPS) is 19.4. The molecule has 6 nitrogen and oxygen atoms in total. The molecule has 4 heterocycles. The van der Waals surface area contributed by atoms with Crippen LogP contribution in [-0.2, 0) is 4.74 Å². The maximum Gasteiger partial charge on any atom is 0.226 e. The van der Waals surface area contributed by atoms with Crippen LogP contribution < -0.4 is 4.90 Å². The van der Waals surface area contributed by atoms with Gasteiger partial charge in [-0.15, -0.1) is 12.4 Å². The standard InChI is InChI=1S/C21H24N4O2.ClH/c1-13-9-17(5-7-22-13)19-10-23-21(25-11-14(2)27-15(3)12-25)24-20(19)18-6-8-26-16(18)4;/h5-10,14-15H,11-12H2,1-4H3;1H/t14-,15+;. The molecule has 0 amide bonds. The first-order valence-corrected chi connectivity index (χ1v) is 9.26. The van der Waals surface area contributed by atoms with Crippen LogP contribution in [0.4, 0.5) is 5.95 Å². The summed E-state index contributed by atoms with van der Waals surface area (Å²) in [4.78, 5) is 16.1. The Bertz CT molecular complexity index is 949. The van der Waals surface area contributed by atoms with Crippen molar-refractivity contribution in [1.29, 1.82) is 0 Å². The lowest BCUT2D eigenvalue weighted by Crippen LogP contribution is -2.46. The summed E-state index contributed by atoms with van der Waals surface area (Å²) in [5, 5.41) is 0. The number of aryl methyl sites for hydroxylation is 2. The lowest BCUT2D eigenvalue weighted by molar-refractivity contribution is -0.00571. The van der Waals surface area contributed by atoms with Gasteiger partial charge in [-0.05, 0) is 51.5 Å². The van der Waals surface area contributed by atoms with Gasteiger partial charge in [0.05, 0.1) is 24.2 Å². The van der Waals surface area contributed by atoms with Crippen molar-refractivity contribution >= 4 is 18.4 Å². The number of hydrogen-bond acceptors (Lipinski definition) is 6. The van der Waals surface area contributed by atoms with Crippen LogP contribution in [0.5, 0.6) is 0 Å². The zero-order chi connectivity index (χ0) is 19.0. The quantitative estimate of drug-likeness (QED) is 0.647. The molecule has 0 aromatic carbocycles. The van der Waals surface area contributed by atoms with E-state index in [1.165, 1.54) is 0 Å². The Kier molecular flexibility index (Phi) is 6.01. The first-order valence-electron chi connectivity index (χ1n) is 9.26. The fourth-order valence-electron chi connectivity index (χ4n) is 3.63. The monoisotopic (exact) mass is 400 g/mol. The summed E-state index contributed by atoms with van der Waals surface area (Å²) in [5.74, 6) is 1.57. The van der Waals surface area contributed by atoms with Crippen molar-refractivity contribution in [1.82, 2.24) is 15.0 Å². The van der Waals surface area contributed by atoms with Crippen LogP contribution in [0, 0.1) is 13.8 Å². The molecule has 3 aromatic heterocycles. The van der Waals surface area contributed by atoms with Crippen LogP contribution in [-0.4, -0.2) is 40.2 Å². The minimum absolute atomic E-state index is 0. The maximum absolute atomic E-state index is 5.85. The molecule has 0 radical (unpaired) electrons. The number of rotatable bonds is 3. The van der Waals surface area contributed by atoms with Gasteiger partial charge in [0, 0.05) is 42.3 Å². The second-order valence-corrected chi connectivity index (χ2v) is 7.17. The van der Waals surface area contributed by atoms with E-state index in [4.69, 9.17) is 14.1 Å². The van der Waals surface area contributed by atoms with Crippen molar-refractivity contribution in [3.63, 3.8) is 0 Å². The van der Waals surface area contributed by atoms with Gasteiger partial charge in [0.25, 0.3) is 0 Å². The second kappa shape index (κ2) is 8.29. The molecule has 1 saturated heterocycles. The third-order valence-electron chi connectivity index (χ3n) is 4.80. The first kappa shape index (κ1) is 20.3. The van der Waals surface area contributed by atoms with Gasteiger partial charge in [-0.2, -0.15) is 0 Å². The van der Waals surface area contributed by atoms with Crippen LogP contribution in [0.3, 0.4) is 0 Å². The SMILES string of the molecule is Cc1cc(-c2cnc(N3C[C@@H](C)O[C@@H](C)C3)nc2-c2ccoc2C)ccn1.Cl. The van der Waals surface area contributed by atoms with E-state index in [0.717, 1.165) is 52.9 Å². The summed E-state index contributed by atoms with van der Waals surface area (Å²) in [7, 11) is 0. The molecular formula is C21H25ClN4O2. The molecule has 2 atom stereocenters. The number of halogens is 1. The third-order valence-corrected chi connectivity index (χ3v) is 4.80. The molecule has 0 spiro atoms. The van der Waals surface area contributed by atoms with Gasteiger partial charge in [-0.25, -0.2) is 9.97 Å². The van der Waals surface area contributed by atoms with Gasteiger partial charge >= 0.3 is 0 Å². The number of anilines is 1. The Morgan fingerprint density at radius 1 is 1.04 bits per heavy atom. The highest BCUT2D eigenvalue weighted by Crippen LogP contribution is 2.34. The molecule has 3 aromatic rings. The zero-order valence-corrected chi connectivity index (χ0v) is 17.4. The van der Waals surface area contributed by atoms with Gasteiger partial charge in [-0.3, -0.25) is 4.98 Å². The van der Waals surface area contributed by atoms with Crippen LogP contribution >= 0.6 is 12.4 Å². The first-order chi connectivity index (χ1) is 13.0. The van der Waals surface area contributed by atoms with Crippen molar-refractivity contribution in [3.8, 4) is 22.4 Å². The average molecular weight is 401 g/mol. The Labute approximate surface area is 171 Å². The van der Waals surface area contributed by atoms with Crippen molar-refractivity contribution < 1.29 is 9.15 Å². The molecule has 0 unspecified atom stereocenters. The highest BCUT2D eigenvalue weighted by atomic mass is 35.5. The number of morpholine rings is 1. The number of aromatic nitrogens is 3. The fraction of sp³-hybridized carbons (Fsp3) is 0.381. The number of furan rings is 1. The van der Waals surface area contributed by atoms with E-state index in [1.54, 1.807) is 6.26 Å². The predicted octanol–water partition coefficient (Wildman–Crippen LogP) is 4.45. The molecule has 1 fully saturated rings. The van der Waals surface area contributed by atoms with Crippen molar-refractivity contribution in [3.05, 3.63) is 48.3 Å². The van der Waals surface area contributed by atoms with E-state index in [2.05, 4.69) is 34.8 Å². The highest BCUT2D eigenvalue weighted by molar-refractivity contribution is 5.85. The largest absolute Gasteiger partial charge is 0.469 e. The molecule has 7 heteroatoms. The zero-order valence-electron chi connectivity index (χ0n) is 16.5. The van der Waals surface area contributed by atoms with Crippen LogP contribution in [0.15, 0.2) is 41.3 Å². The van der Waals surface area contributed by atoms with E-state index in [-0.39, 0.29) is 24.6 Å². The van der Waals surface area contributed by atoms with E-state index >= 15 is 0 Å². The predicted molar refractivity (Wildman–Crippen MR) is 112 cm³/mol. The Morgan fingerprint density at radius 2 is 1.79 bits per heavy atom. The minimum Gasteiger partial charge on any atom is -0.469 e. The van der Waals surface area contributed by atoms with Gasteiger partial charge in [-0.1, -0.05) is 0 Å². The molecule has 0 aliphatic carbocycles. The molecular weight excluding hydrogens is 376 g/mol. The third kappa shape index (κ3) is 4.03. The van der Waals surface area contributed by atoms with E-state index < -0.39 is 0 Å². The summed E-state index contributed by atoms with van der Waals surface area (Å²) in [6, 6.07) is 6.00. The molecule has 0 saturated carbocycles. The van der Waals surface area contributed by atoms with Crippen LogP contribution in [0.1, 0.15) is 25.3 Å². The summed E-state index contributed by atoms with van der Waals surface area (Å²) < 4.78 is 11.4. The van der Waals surface area contributed by atoms with Crippen molar-refractivity contribution in [2.45, 2.75) is 39.9 Å². The molecule has 4 rings (SSSR count). The molecule has 28 heavy (non-hydrogen) atoms. The van der Waals surface area contributed by atoms with Gasteiger partial charge in [0.2, 0.25) is 5.95 Å². The lowest BCUT2D eigenvalue weighted by Gasteiger charge is -2.35. The summed E-state index contributed by atoms with van der Waals surface area (Å²) in [5.41, 5.74) is 4.85. The van der Waals surface area contributed by atoms with Crippen molar-refractivity contribution in [2.24, 2.45) is 0 Å². The number of ether oxygens (including phenoxy) is 1. The maximum atomic E-state index is 5.85. The molecule has 148 valence electrons. The van der Waals surface area contributed by atoms with Gasteiger partial charge in [0.15, 0.2) is 0 Å². The number of pyridine rings is 1. The molecule has 0 N–H and O–H groups in total. The Hall–Kier alpha value is -2.44. The molecule has 1 aliphatic rings. The highest BCUT2D eigenvalue weighted by Gasteiger charge is 2.25. The number of hydrogen-bond donors (Lipinski definition) is 0. The number of nitrogens with zero attached hydrogens (tertiary/aromatic N) is 4. The van der Waals surface area contributed by atoms with E-state index in [1.807, 2.05) is 38.4 Å². The Balaban J connectivity index is 0.00000225. The molecule has 1 aliphatic heterocycles. The second-order valence-electron chi connectivity index (χ2n) is 7.17. The van der Waals surface area contributed by atoms with Gasteiger partial charge in [0.1, 0.15) is 5.76 Å². The van der Waals surface area contributed by atoms with Crippen LogP contribution in [0.2, 0.25) is 0 Å². The fourth-order valence-corrected chi connectivity index (χ4v) is 3.63. The summed E-state index contributed by atoms with van der Waals surface area (Å²) >= 11 is 0. The molecule has 0 bridgehead atoms. The average Bonchev–Trinajstić information content (AvgIpc) is 3.06. The van der Waals surface area contributed by atoms with E-state index in [9.17, 15) is 0 Å².